The van der Waals surface area contributed by atoms with Crippen molar-refractivity contribution in [1.29, 1.82) is 0 Å². The van der Waals surface area contributed by atoms with E-state index in [4.69, 9.17) is 4.74 Å². The summed E-state index contributed by atoms with van der Waals surface area (Å²) < 4.78 is 5.38. The molecule has 0 aliphatic rings. The minimum atomic E-state index is -1.29. The lowest BCUT2D eigenvalue weighted by Gasteiger charge is -2.35. The molecule has 0 spiro atoms. The number of aromatic hydroxyl groups is 1. The second kappa shape index (κ2) is 13.5. The molecule has 0 aliphatic heterocycles. The van der Waals surface area contributed by atoms with E-state index in [2.05, 4.69) is 10.6 Å². The molecule has 3 amide bonds. The Morgan fingerprint density at radius 2 is 1.54 bits per heavy atom. The number of para-hydroxylation sites is 2. The molecule has 0 bridgehead atoms. The van der Waals surface area contributed by atoms with E-state index in [1.54, 1.807) is 45.9 Å². The zero-order valence-corrected chi connectivity index (χ0v) is 24.3. The smallest absolute Gasteiger partial charge is 0.408 e. The largest absolute Gasteiger partial charge is 0.507 e. The van der Waals surface area contributed by atoms with Crippen molar-refractivity contribution >= 4 is 23.6 Å². The highest BCUT2D eigenvalue weighted by Gasteiger charge is 2.38. The van der Waals surface area contributed by atoms with Crippen molar-refractivity contribution < 1.29 is 29.3 Å². The molecule has 0 aromatic heterocycles. The number of anilines is 1. The molecule has 0 radical (unpaired) electrons. The van der Waals surface area contributed by atoms with Gasteiger partial charge < -0.3 is 30.5 Å². The number of alkyl carbamates (subject to hydrolysis) is 1. The van der Waals surface area contributed by atoms with Crippen LogP contribution in [0.2, 0.25) is 0 Å². The first kappa shape index (κ1) is 31.6. The van der Waals surface area contributed by atoms with Crippen molar-refractivity contribution in [3.8, 4) is 5.75 Å². The third-order valence-electron chi connectivity index (χ3n) is 6.17. The summed E-state index contributed by atoms with van der Waals surface area (Å²) in [6.07, 6.45) is -0.495. The van der Waals surface area contributed by atoms with E-state index in [1.165, 1.54) is 4.90 Å². The third-order valence-corrected chi connectivity index (χ3v) is 6.17. The number of ether oxygens (including phenoxy) is 1. The van der Waals surface area contributed by atoms with Crippen LogP contribution in [-0.4, -0.2) is 57.8 Å². The summed E-state index contributed by atoms with van der Waals surface area (Å²) in [6.45, 7) is 13.8. The number of aliphatic hydroxyl groups excluding tert-OH is 1. The van der Waals surface area contributed by atoms with E-state index in [9.17, 15) is 24.6 Å². The van der Waals surface area contributed by atoms with Crippen LogP contribution >= 0.6 is 0 Å². The fourth-order valence-corrected chi connectivity index (χ4v) is 4.37. The van der Waals surface area contributed by atoms with Crippen LogP contribution in [0.15, 0.2) is 36.4 Å². The van der Waals surface area contributed by atoms with Gasteiger partial charge in [0, 0.05) is 17.8 Å². The second-order valence-electron chi connectivity index (χ2n) is 11.3. The number of nitrogens with zero attached hydrogens (tertiary/aromatic N) is 1. The van der Waals surface area contributed by atoms with E-state index in [1.807, 2.05) is 45.9 Å². The monoisotopic (exact) mass is 541 g/mol. The lowest BCUT2D eigenvalue weighted by molar-refractivity contribution is -0.141. The molecule has 2 rings (SSSR count). The van der Waals surface area contributed by atoms with Gasteiger partial charge in [0.2, 0.25) is 5.91 Å². The Morgan fingerprint density at radius 1 is 0.974 bits per heavy atom. The van der Waals surface area contributed by atoms with E-state index >= 15 is 0 Å². The Hall–Kier alpha value is -3.59. The van der Waals surface area contributed by atoms with Gasteiger partial charge >= 0.3 is 6.09 Å². The Morgan fingerprint density at radius 3 is 2.08 bits per heavy atom. The van der Waals surface area contributed by atoms with Gasteiger partial charge in [0.15, 0.2) is 0 Å². The van der Waals surface area contributed by atoms with E-state index < -0.39 is 42.2 Å². The normalized spacial score (nSPS) is 13.0. The predicted molar refractivity (Wildman–Crippen MR) is 152 cm³/mol. The fourth-order valence-electron chi connectivity index (χ4n) is 4.37. The van der Waals surface area contributed by atoms with Gasteiger partial charge in [0.1, 0.15) is 23.4 Å². The number of carbonyl (C=O) groups excluding carboxylic acids is 3. The van der Waals surface area contributed by atoms with Crippen LogP contribution in [-0.2, 0) is 14.3 Å². The summed E-state index contributed by atoms with van der Waals surface area (Å²) in [5.74, 6) is -1.25. The molecular formula is C30H43N3O6. The Labute approximate surface area is 231 Å². The Balaban J connectivity index is 2.60. The van der Waals surface area contributed by atoms with Crippen molar-refractivity contribution in [2.24, 2.45) is 5.92 Å². The number of benzene rings is 2. The fraction of sp³-hybridized carbons (Fsp3) is 0.500. The van der Waals surface area contributed by atoms with Crippen molar-refractivity contribution in [1.82, 2.24) is 10.2 Å². The maximum absolute atomic E-state index is 14.1. The maximum atomic E-state index is 14.1. The second-order valence-corrected chi connectivity index (χ2v) is 11.3. The molecule has 2 aromatic carbocycles. The third kappa shape index (κ3) is 8.71. The molecule has 0 saturated carbocycles. The number of hydrogen-bond donors (Lipinski definition) is 4. The van der Waals surface area contributed by atoms with Crippen LogP contribution in [0.25, 0.3) is 0 Å². The molecule has 9 heteroatoms. The number of amides is 3. The van der Waals surface area contributed by atoms with Crippen LogP contribution in [0.1, 0.15) is 69.3 Å². The van der Waals surface area contributed by atoms with Crippen LogP contribution in [0, 0.1) is 26.7 Å². The van der Waals surface area contributed by atoms with Gasteiger partial charge in [0.05, 0.1) is 6.61 Å². The zero-order valence-electron chi connectivity index (χ0n) is 24.3. The molecule has 0 aliphatic carbocycles. The summed E-state index contributed by atoms with van der Waals surface area (Å²) in [5.41, 5.74) is 2.23. The summed E-state index contributed by atoms with van der Waals surface area (Å²) >= 11 is 0. The minimum absolute atomic E-state index is 0.0131. The van der Waals surface area contributed by atoms with Crippen LogP contribution in [0.5, 0.6) is 5.75 Å². The van der Waals surface area contributed by atoms with Crippen molar-refractivity contribution in [2.75, 3.05) is 18.5 Å². The quantitative estimate of drug-likeness (QED) is 0.343. The first-order valence-corrected chi connectivity index (χ1v) is 13.2. The zero-order chi connectivity index (χ0) is 29.5. The summed E-state index contributed by atoms with van der Waals surface area (Å²) in [5, 5.41) is 26.5. The van der Waals surface area contributed by atoms with Crippen LogP contribution in [0.3, 0.4) is 0 Å². The Bertz CT molecular complexity index is 1150. The summed E-state index contributed by atoms with van der Waals surface area (Å²) in [6, 6.07) is 8.24. The molecule has 0 fully saturated rings. The lowest BCUT2D eigenvalue weighted by atomic mass is 9.97. The molecule has 0 saturated heterocycles. The van der Waals surface area contributed by atoms with Gasteiger partial charge in [-0.3, -0.25) is 9.59 Å². The van der Waals surface area contributed by atoms with E-state index in [0.29, 0.717) is 11.3 Å². The molecule has 214 valence electrons. The Kier molecular flexibility index (Phi) is 10.9. The highest BCUT2D eigenvalue weighted by atomic mass is 16.6. The van der Waals surface area contributed by atoms with Gasteiger partial charge in [-0.25, -0.2) is 4.79 Å². The summed E-state index contributed by atoms with van der Waals surface area (Å²) in [4.78, 5) is 41.9. The van der Waals surface area contributed by atoms with Crippen molar-refractivity contribution in [2.45, 2.75) is 79.5 Å². The first-order valence-electron chi connectivity index (χ1n) is 13.2. The molecule has 39 heavy (non-hydrogen) atoms. The van der Waals surface area contributed by atoms with Gasteiger partial charge in [0.25, 0.3) is 5.91 Å². The number of rotatable bonds is 10. The van der Waals surface area contributed by atoms with Crippen molar-refractivity contribution in [3.63, 3.8) is 0 Å². The number of nitrogens with one attached hydrogen (secondary N) is 2. The molecule has 2 atom stereocenters. The van der Waals surface area contributed by atoms with Gasteiger partial charge in [-0.2, -0.15) is 0 Å². The molecule has 2 unspecified atom stereocenters. The molecule has 9 nitrogen and oxygen atoms in total. The molecule has 0 heterocycles. The number of phenolic OH excluding ortho intramolecular Hbond substituents is 1. The molecular weight excluding hydrogens is 498 g/mol. The average molecular weight is 542 g/mol. The molecule has 4 N–H and O–H groups in total. The average Bonchev–Trinajstić information content (AvgIpc) is 2.81. The number of carbonyl (C=O) groups is 3. The number of phenols is 1. The van der Waals surface area contributed by atoms with Crippen LogP contribution < -0.4 is 10.6 Å². The summed E-state index contributed by atoms with van der Waals surface area (Å²) in [7, 11) is 0. The van der Waals surface area contributed by atoms with Gasteiger partial charge in [-0.15, -0.1) is 0 Å². The standard InChI is InChI=1S/C30H43N3O6/c1-18(2)17-23(31-29(38)39-30(6,7)8)28(37)33(15-16-34)25(22-14-10-13-21(5)26(22)35)27(36)32-24-19(3)11-9-12-20(24)4/h9-14,18,23,25,34-35H,15-17H2,1-8H3,(H,31,38)(H,32,36). The predicted octanol–water partition coefficient (Wildman–Crippen LogP) is 4.76. The lowest BCUT2D eigenvalue weighted by Crippen LogP contribution is -2.53. The van der Waals surface area contributed by atoms with Gasteiger partial charge in [-0.1, -0.05) is 50.2 Å². The van der Waals surface area contributed by atoms with Crippen molar-refractivity contribution in [3.05, 3.63) is 58.7 Å². The SMILES string of the molecule is Cc1cccc(C(C(=O)Nc2c(C)cccc2C)N(CCO)C(=O)C(CC(C)C)NC(=O)OC(C)(C)C)c1O. The van der Waals surface area contributed by atoms with E-state index in [0.717, 1.165) is 11.1 Å². The number of aliphatic hydroxyl groups is 1. The highest BCUT2D eigenvalue weighted by molar-refractivity contribution is 6.00. The van der Waals surface area contributed by atoms with Gasteiger partial charge in [-0.05, 0) is 70.6 Å². The van der Waals surface area contributed by atoms with E-state index in [-0.39, 0.29) is 30.2 Å². The first-order chi connectivity index (χ1) is 18.2. The maximum Gasteiger partial charge on any atom is 0.408 e. The highest BCUT2D eigenvalue weighted by Crippen LogP contribution is 2.34. The topological polar surface area (TPSA) is 128 Å². The minimum Gasteiger partial charge on any atom is -0.507 e. The number of aryl methyl sites for hydroxylation is 3. The molecule has 2 aromatic rings. The number of hydrogen-bond acceptors (Lipinski definition) is 6. The van der Waals surface area contributed by atoms with Crippen LogP contribution in [0.4, 0.5) is 10.5 Å².